The number of anilines is 1. The van der Waals surface area contributed by atoms with Crippen LogP contribution < -0.4 is 11.1 Å². The van der Waals surface area contributed by atoms with E-state index in [9.17, 15) is 4.79 Å². The minimum absolute atomic E-state index is 0.279. The summed E-state index contributed by atoms with van der Waals surface area (Å²) in [7, 11) is 0. The number of hydrogen-bond acceptors (Lipinski definition) is 3. The molecule has 0 aromatic heterocycles. The number of amides is 1. The molecule has 0 unspecified atom stereocenters. The van der Waals surface area contributed by atoms with Crippen LogP contribution in [0.15, 0.2) is 12.1 Å². The van der Waals surface area contributed by atoms with Gasteiger partial charge in [-0.05, 0) is 61.1 Å². The SMILES string of the molecule is CC(C)(C)NC(=O)OCCc1cc(I)c(N)cc1Cl. The van der Waals surface area contributed by atoms with Crippen LogP contribution in [-0.2, 0) is 11.2 Å². The van der Waals surface area contributed by atoms with Crippen LogP contribution in [0.25, 0.3) is 0 Å². The number of carbonyl (C=O) groups excluding carboxylic acids is 1. The Balaban J connectivity index is 2.50. The summed E-state index contributed by atoms with van der Waals surface area (Å²) in [5.74, 6) is 0. The molecule has 0 saturated heterocycles. The average molecular weight is 397 g/mol. The molecule has 1 amide bonds. The summed E-state index contributed by atoms with van der Waals surface area (Å²) in [5.41, 5.74) is 7.02. The van der Waals surface area contributed by atoms with Crippen LogP contribution in [0.3, 0.4) is 0 Å². The fourth-order valence-electron chi connectivity index (χ4n) is 1.39. The number of nitrogens with two attached hydrogens (primary N) is 1. The number of ether oxygens (including phenoxy) is 1. The summed E-state index contributed by atoms with van der Waals surface area (Å²) < 4.78 is 6.05. The molecule has 0 radical (unpaired) electrons. The van der Waals surface area contributed by atoms with Crippen molar-refractivity contribution in [2.24, 2.45) is 0 Å². The number of nitrogens with one attached hydrogen (secondary N) is 1. The van der Waals surface area contributed by atoms with E-state index >= 15 is 0 Å². The number of halogens is 2. The van der Waals surface area contributed by atoms with Gasteiger partial charge in [0.05, 0.1) is 6.61 Å². The van der Waals surface area contributed by atoms with Gasteiger partial charge < -0.3 is 15.8 Å². The topological polar surface area (TPSA) is 64.3 Å². The standard InChI is InChI=1S/C13H18ClIN2O2/c1-13(2,3)17-12(18)19-5-4-8-6-10(15)11(16)7-9(8)14/h6-7H,4-5,16H2,1-3H3,(H,17,18). The van der Waals surface area contributed by atoms with E-state index in [2.05, 4.69) is 27.9 Å². The molecule has 0 heterocycles. The molecular weight excluding hydrogens is 379 g/mol. The summed E-state index contributed by atoms with van der Waals surface area (Å²) in [6.07, 6.45) is 0.140. The van der Waals surface area contributed by atoms with Gasteiger partial charge in [0.2, 0.25) is 0 Å². The molecule has 106 valence electrons. The summed E-state index contributed by atoms with van der Waals surface area (Å²) >= 11 is 8.23. The largest absolute Gasteiger partial charge is 0.449 e. The zero-order valence-corrected chi connectivity index (χ0v) is 14.1. The molecule has 0 spiro atoms. The minimum atomic E-state index is -0.422. The van der Waals surface area contributed by atoms with Gasteiger partial charge in [-0.15, -0.1) is 0 Å². The zero-order chi connectivity index (χ0) is 14.6. The Morgan fingerprint density at radius 3 is 2.68 bits per heavy atom. The first kappa shape index (κ1) is 16.4. The fraction of sp³-hybridized carbons (Fsp3) is 0.462. The molecule has 0 fully saturated rings. The van der Waals surface area contributed by atoms with E-state index in [1.807, 2.05) is 26.8 Å². The average Bonchev–Trinajstić information content (AvgIpc) is 2.22. The molecule has 1 aromatic carbocycles. The third-order valence-electron chi connectivity index (χ3n) is 2.25. The maximum atomic E-state index is 11.5. The van der Waals surface area contributed by atoms with Gasteiger partial charge in [0.15, 0.2) is 0 Å². The predicted octanol–water partition coefficient (Wildman–Crippen LogP) is 3.59. The van der Waals surface area contributed by atoms with Gasteiger partial charge >= 0.3 is 6.09 Å². The molecule has 3 N–H and O–H groups in total. The van der Waals surface area contributed by atoms with Crippen LogP contribution >= 0.6 is 34.2 Å². The van der Waals surface area contributed by atoms with Crippen LogP contribution in [-0.4, -0.2) is 18.2 Å². The Hall–Kier alpha value is -0.690. The number of alkyl carbamates (subject to hydrolysis) is 1. The highest BCUT2D eigenvalue weighted by atomic mass is 127. The van der Waals surface area contributed by atoms with Gasteiger partial charge in [-0.2, -0.15) is 0 Å². The van der Waals surface area contributed by atoms with E-state index in [0.29, 0.717) is 17.1 Å². The molecule has 0 atom stereocenters. The third-order valence-corrected chi connectivity index (χ3v) is 3.53. The quantitative estimate of drug-likeness (QED) is 0.606. The van der Waals surface area contributed by atoms with Crippen molar-refractivity contribution in [3.05, 3.63) is 26.3 Å². The summed E-state index contributed by atoms with van der Waals surface area (Å²) in [6, 6.07) is 3.62. The maximum Gasteiger partial charge on any atom is 0.407 e. The van der Waals surface area contributed by atoms with E-state index < -0.39 is 6.09 Å². The highest BCUT2D eigenvalue weighted by Gasteiger charge is 2.14. The first-order chi connectivity index (χ1) is 8.69. The molecule has 0 saturated carbocycles. The van der Waals surface area contributed by atoms with Crippen molar-refractivity contribution in [2.75, 3.05) is 12.3 Å². The van der Waals surface area contributed by atoms with E-state index in [1.165, 1.54) is 0 Å². The second-order valence-electron chi connectivity index (χ2n) is 5.23. The van der Waals surface area contributed by atoms with Crippen LogP contribution in [0, 0.1) is 3.57 Å². The van der Waals surface area contributed by atoms with Crippen molar-refractivity contribution < 1.29 is 9.53 Å². The van der Waals surface area contributed by atoms with Crippen LogP contribution in [0.2, 0.25) is 5.02 Å². The Bertz CT molecular complexity index is 472. The van der Waals surface area contributed by atoms with E-state index in [4.69, 9.17) is 22.1 Å². The van der Waals surface area contributed by atoms with Gasteiger partial charge in [-0.1, -0.05) is 11.6 Å². The zero-order valence-electron chi connectivity index (χ0n) is 11.2. The van der Waals surface area contributed by atoms with Gasteiger partial charge in [-0.3, -0.25) is 0 Å². The molecule has 0 aliphatic carbocycles. The molecule has 6 heteroatoms. The molecule has 4 nitrogen and oxygen atoms in total. The van der Waals surface area contributed by atoms with Crippen LogP contribution in [0.5, 0.6) is 0 Å². The number of benzene rings is 1. The smallest absolute Gasteiger partial charge is 0.407 e. The minimum Gasteiger partial charge on any atom is -0.449 e. The van der Waals surface area contributed by atoms with E-state index in [-0.39, 0.29) is 12.1 Å². The normalized spacial score (nSPS) is 11.2. The Labute approximate surface area is 132 Å². The second kappa shape index (κ2) is 6.65. The van der Waals surface area contributed by atoms with Gasteiger partial charge in [0, 0.05) is 26.2 Å². The van der Waals surface area contributed by atoms with E-state index in [1.54, 1.807) is 6.07 Å². The molecule has 19 heavy (non-hydrogen) atoms. The number of hydrogen-bond donors (Lipinski definition) is 2. The van der Waals surface area contributed by atoms with Gasteiger partial charge in [-0.25, -0.2) is 4.79 Å². The van der Waals surface area contributed by atoms with E-state index in [0.717, 1.165) is 9.13 Å². The fourth-order valence-corrected chi connectivity index (χ4v) is 2.19. The molecule has 1 aromatic rings. The molecular formula is C13H18ClIN2O2. The van der Waals surface area contributed by atoms with Crippen molar-refractivity contribution in [1.29, 1.82) is 0 Å². The number of nitrogen functional groups attached to an aromatic ring is 1. The Morgan fingerprint density at radius 1 is 1.47 bits per heavy atom. The lowest BCUT2D eigenvalue weighted by molar-refractivity contribution is 0.139. The highest BCUT2D eigenvalue weighted by molar-refractivity contribution is 14.1. The van der Waals surface area contributed by atoms with Gasteiger partial charge in [0.1, 0.15) is 0 Å². The molecule has 1 rings (SSSR count). The Kier molecular flexibility index (Phi) is 5.73. The Morgan fingerprint density at radius 2 is 2.11 bits per heavy atom. The summed E-state index contributed by atoms with van der Waals surface area (Å²) in [4.78, 5) is 11.5. The van der Waals surface area contributed by atoms with Crippen molar-refractivity contribution >= 4 is 46.0 Å². The lowest BCUT2D eigenvalue weighted by atomic mass is 10.1. The van der Waals surface area contributed by atoms with Crippen molar-refractivity contribution in [2.45, 2.75) is 32.7 Å². The maximum absolute atomic E-state index is 11.5. The summed E-state index contributed by atoms with van der Waals surface area (Å²) in [6.45, 7) is 5.97. The summed E-state index contributed by atoms with van der Waals surface area (Å²) in [5, 5.41) is 3.32. The molecule has 0 aliphatic heterocycles. The highest BCUT2D eigenvalue weighted by Crippen LogP contribution is 2.25. The van der Waals surface area contributed by atoms with Crippen molar-refractivity contribution in [1.82, 2.24) is 5.32 Å². The van der Waals surface area contributed by atoms with Crippen LogP contribution in [0.4, 0.5) is 10.5 Å². The number of rotatable bonds is 3. The first-order valence-electron chi connectivity index (χ1n) is 5.87. The lowest BCUT2D eigenvalue weighted by Gasteiger charge is -2.20. The second-order valence-corrected chi connectivity index (χ2v) is 6.80. The number of carbonyl (C=O) groups is 1. The lowest BCUT2D eigenvalue weighted by Crippen LogP contribution is -2.41. The monoisotopic (exact) mass is 396 g/mol. The van der Waals surface area contributed by atoms with Crippen molar-refractivity contribution in [3.63, 3.8) is 0 Å². The van der Waals surface area contributed by atoms with Crippen LogP contribution in [0.1, 0.15) is 26.3 Å². The third kappa shape index (κ3) is 5.86. The first-order valence-corrected chi connectivity index (χ1v) is 7.33. The van der Waals surface area contributed by atoms with Crippen molar-refractivity contribution in [3.8, 4) is 0 Å². The molecule has 0 bridgehead atoms. The predicted molar refractivity (Wildman–Crippen MR) is 86.5 cm³/mol. The molecule has 0 aliphatic rings. The van der Waals surface area contributed by atoms with Gasteiger partial charge in [0.25, 0.3) is 0 Å².